The normalized spacial score (nSPS) is 13.4. The molecule has 9 nitrogen and oxygen atoms in total. The molecule has 0 aliphatic carbocycles. The smallest absolute Gasteiger partial charge is 0.338 e. The molecule has 4 N–H and O–H groups in total. The van der Waals surface area contributed by atoms with Crippen molar-refractivity contribution in [3.05, 3.63) is 89.1 Å². The van der Waals surface area contributed by atoms with Crippen LogP contribution in [0.5, 0.6) is 5.75 Å². The van der Waals surface area contributed by atoms with E-state index >= 15 is 0 Å². The molecule has 3 aromatic rings. The van der Waals surface area contributed by atoms with Gasteiger partial charge in [0.25, 0.3) is 0 Å². The number of rotatable bonds is 9. The van der Waals surface area contributed by atoms with Gasteiger partial charge in [-0.25, -0.2) is 4.79 Å². The number of esters is 1. The number of hydrogen-bond donors (Lipinski definition) is 3. The van der Waals surface area contributed by atoms with Gasteiger partial charge in [-0.15, -0.1) is 0 Å². The third kappa shape index (κ3) is 5.63. The third-order valence-electron chi connectivity index (χ3n) is 6.24. The Balaban J connectivity index is 1.76. The maximum Gasteiger partial charge on any atom is 0.338 e. The lowest BCUT2D eigenvalue weighted by atomic mass is 10.0. The minimum Gasteiger partial charge on any atom is -0.494 e. The first-order valence-corrected chi connectivity index (χ1v) is 12.7. The lowest BCUT2D eigenvalue weighted by Crippen LogP contribution is -2.41. The fourth-order valence-electron chi connectivity index (χ4n) is 4.47. The maximum atomic E-state index is 13.5. The highest BCUT2D eigenvalue weighted by molar-refractivity contribution is 6.23. The Morgan fingerprint density at radius 1 is 1.03 bits per heavy atom. The van der Waals surface area contributed by atoms with Crippen LogP contribution in [0.1, 0.15) is 47.1 Å². The minimum atomic E-state index is -0.455. The zero-order valence-electron chi connectivity index (χ0n) is 22.4. The molecule has 1 heterocycles. The Morgan fingerprint density at radius 2 is 1.77 bits per heavy atom. The number of nitrogens with zero attached hydrogens (tertiary/aromatic N) is 1. The molecular weight excluding hydrogens is 496 g/mol. The van der Waals surface area contributed by atoms with Gasteiger partial charge in [0, 0.05) is 28.9 Å². The summed E-state index contributed by atoms with van der Waals surface area (Å²) in [5.41, 5.74) is 9.87. The van der Waals surface area contributed by atoms with Gasteiger partial charge < -0.3 is 30.7 Å². The number of amides is 1. The van der Waals surface area contributed by atoms with Crippen LogP contribution in [-0.4, -0.2) is 44.0 Å². The second kappa shape index (κ2) is 11.8. The van der Waals surface area contributed by atoms with Crippen molar-refractivity contribution in [3.8, 4) is 5.75 Å². The quantitative estimate of drug-likeness (QED) is 0.271. The predicted molar refractivity (Wildman–Crippen MR) is 152 cm³/mol. The Bertz CT molecular complexity index is 1430. The summed E-state index contributed by atoms with van der Waals surface area (Å²) in [6, 6.07) is 19.5. The number of nitrogens with one attached hydrogen (secondary N) is 2. The number of hydrogen-bond acceptors (Lipinski definition) is 8. The zero-order chi connectivity index (χ0) is 28.1. The van der Waals surface area contributed by atoms with Crippen LogP contribution in [-0.2, 0) is 9.53 Å². The molecule has 9 heteroatoms. The monoisotopic (exact) mass is 528 g/mol. The number of methoxy groups -OCH3 is 1. The molecule has 0 saturated heterocycles. The van der Waals surface area contributed by atoms with E-state index in [-0.39, 0.29) is 30.9 Å². The molecule has 3 aromatic carbocycles. The van der Waals surface area contributed by atoms with E-state index in [2.05, 4.69) is 10.6 Å². The standard InChI is InChI=1S/C30H32N4O5/c1-5-39-30(37)20-11-13-22-23(15-20)33-28(29(22)36)27(19-9-7-6-8-10-19)32-21-12-14-24(25(16-21)38-4)34(18(2)3)26(35)17-31/h6-16,18,32-33H,5,17,31H2,1-4H3. The van der Waals surface area contributed by atoms with Gasteiger partial charge in [0.1, 0.15) is 11.4 Å². The van der Waals surface area contributed by atoms with Gasteiger partial charge in [0.15, 0.2) is 0 Å². The molecule has 0 unspecified atom stereocenters. The van der Waals surface area contributed by atoms with Crippen molar-refractivity contribution in [2.24, 2.45) is 5.73 Å². The summed E-state index contributed by atoms with van der Waals surface area (Å²) < 4.78 is 10.7. The molecule has 1 aliphatic heterocycles. The first kappa shape index (κ1) is 27.4. The van der Waals surface area contributed by atoms with Gasteiger partial charge in [-0.3, -0.25) is 9.59 Å². The van der Waals surface area contributed by atoms with Crippen LogP contribution in [0.25, 0.3) is 5.70 Å². The van der Waals surface area contributed by atoms with Crippen molar-refractivity contribution in [2.75, 3.05) is 35.8 Å². The van der Waals surface area contributed by atoms with E-state index in [1.807, 2.05) is 50.2 Å². The van der Waals surface area contributed by atoms with E-state index in [1.54, 1.807) is 42.2 Å². The van der Waals surface area contributed by atoms with Gasteiger partial charge in [0.05, 0.1) is 42.9 Å². The largest absolute Gasteiger partial charge is 0.494 e. The van der Waals surface area contributed by atoms with Crippen molar-refractivity contribution in [2.45, 2.75) is 26.8 Å². The van der Waals surface area contributed by atoms with E-state index in [9.17, 15) is 14.4 Å². The molecule has 0 fully saturated rings. The van der Waals surface area contributed by atoms with Crippen LogP contribution in [0.4, 0.5) is 17.1 Å². The number of carbonyl (C=O) groups excluding carboxylic acids is 3. The SMILES string of the molecule is CCOC(=O)c1ccc2c(c1)NC(=C(Nc1ccc(N(C(=O)CN)C(C)C)c(OC)c1)c1ccccc1)C2=O. The fraction of sp³-hybridized carbons (Fsp3) is 0.233. The van der Waals surface area contributed by atoms with Crippen LogP contribution in [0.15, 0.2) is 72.4 Å². The highest BCUT2D eigenvalue weighted by Gasteiger charge is 2.30. The van der Waals surface area contributed by atoms with Crippen LogP contribution in [0.2, 0.25) is 0 Å². The third-order valence-corrected chi connectivity index (χ3v) is 6.24. The minimum absolute atomic E-state index is 0.127. The number of ketones is 1. The summed E-state index contributed by atoms with van der Waals surface area (Å²) in [4.78, 5) is 39.9. The summed E-state index contributed by atoms with van der Waals surface area (Å²) in [5, 5.41) is 6.57. The number of fused-ring (bicyclic) bond motifs is 1. The summed E-state index contributed by atoms with van der Waals surface area (Å²) in [6.07, 6.45) is 0. The van der Waals surface area contributed by atoms with Crippen molar-refractivity contribution in [1.82, 2.24) is 0 Å². The molecule has 0 bridgehead atoms. The van der Waals surface area contributed by atoms with Gasteiger partial charge in [-0.2, -0.15) is 0 Å². The van der Waals surface area contributed by atoms with Crippen LogP contribution < -0.4 is 26.0 Å². The fourth-order valence-corrected chi connectivity index (χ4v) is 4.47. The number of Topliss-reactive ketones (excluding diaryl/α,β-unsaturated/α-hetero) is 1. The maximum absolute atomic E-state index is 13.5. The number of carbonyl (C=O) groups is 3. The van der Waals surface area contributed by atoms with Crippen molar-refractivity contribution >= 4 is 40.4 Å². The first-order valence-electron chi connectivity index (χ1n) is 12.7. The van der Waals surface area contributed by atoms with E-state index in [0.717, 1.165) is 5.56 Å². The average Bonchev–Trinajstić information content (AvgIpc) is 3.27. The van der Waals surface area contributed by atoms with Gasteiger partial charge in [-0.1, -0.05) is 30.3 Å². The summed E-state index contributed by atoms with van der Waals surface area (Å²) >= 11 is 0. The first-order chi connectivity index (χ1) is 18.8. The second-order valence-electron chi connectivity index (χ2n) is 9.12. The molecule has 0 saturated carbocycles. The lowest BCUT2D eigenvalue weighted by molar-refractivity contribution is -0.117. The molecule has 0 radical (unpaired) electrons. The highest BCUT2D eigenvalue weighted by atomic mass is 16.5. The molecule has 1 aliphatic rings. The zero-order valence-corrected chi connectivity index (χ0v) is 22.4. The molecule has 0 aromatic heterocycles. The Morgan fingerprint density at radius 3 is 2.41 bits per heavy atom. The van der Waals surface area contributed by atoms with Crippen LogP contribution in [0.3, 0.4) is 0 Å². The average molecular weight is 529 g/mol. The van der Waals surface area contributed by atoms with E-state index in [1.165, 1.54) is 7.11 Å². The summed E-state index contributed by atoms with van der Waals surface area (Å²) in [7, 11) is 1.53. The summed E-state index contributed by atoms with van der Waals surface area (Å²) in [5.74, 6) is -0.420. The molecule has 202 valence electrons. The number of nitrogens with two attached hydrogens (primary N) is 1. The molecule has 0 atom stereocenters. The predicted octanol–water partition coefficient (Wildman–Crippen LogP) is 4.66. The molecular formula is C30H32N4O5. The topological polar surface area (TPSA) is 123 Å². The van der Waals surface area contributed by atoms with E-state index < -0.39 is 5.97 Å². The van der Waals surface area contributed by atoms with Crippen LogP contribution >= 0.6 is 0 Å². The van der Waals surface area contributed by atoms with Crippen LogP contribution in [0, 0.1) is 0 Å². The lowest BCUT2D eigenvalue weighted by Gasteiger charge is -2.28. The van der Waals surface area contributed by atoms with Crippen molar-refractivity contribution in [1.29, 1.82) is 0 Å². The highest BCUT2D eigenvalue weighted by Crippen LogP contribution is 2.37. The Hall–Kier alpha value is -4.63. The molecule has 4 rings (SSSR count). The molecule has 0 spiro atoms. The van der Waals surface area contributed by atoms with E-state index in [4.69, 9.17) is 15.2 Å². The van der Waals surface area contributed by atoms with Crippen molar-refractivity contribution < 1.29 is 23.9 Å². The Labute approximate surface area is 227 Å². The number of allylic oxidation sites excluding steroid dienone is 1. The summed E-state index contributed by atoms with van der Waals surface area (Å²) in [6.45, 7) is 5.67. The van der Waals surface area contributed by atoms with Crippen molar-refractivity contribution in [3.63, 3.8) is 0 Å². The second-order valence-corrected chi connectivity index (χ2v) is 9.12. The number of anilines is 3. The Kier molecular flexibility index (Phi) is 8.31. The molecule has 39 heavy (non-hydrogen) atoms. The van der Waals surface area contributed by atoms with E-state index in [0.29, 0.717) is 45.3 Å². The number of benzene rings is 3. The number of ether oxygens (including phenoxy) is 2. The molecule has 1 amide bonds. The van der Waals surface area contributed by atoms with Gasteiger partial charge in [0.2, 0.25) is 11.7 Å². The van der Waals surface area contributed by atoms with Gasteiger partial charge >= 0.3 is 5.97 Å². The van der Waals surface area contributed by atoms with Gasteiger partial charge in [-0.05, 0) is 51.1 Å².